The summed E-state index contributed by atoms with van der Waals surface area (Å²) in [6.07, 6.45) is 4.52. The van der Waals surface area contributed by atoms with Gasteiger partial charge in [0.05, 0.1) is 12.0 Å². The molecule has 0 unspecified atom stereocenters. The van der Waals surface area contributed by atoms with Crippen molar-refractivity contribution in [1.82, 2.24) is 0 Å². The second kappa shape index (κ2) is 4.42. The highest BCUT2D eigenvalue weighted by Gasteiger charge is 2.01. The zero-order valence-electron chi connectivity index (χ0n) is 7.44. The number of hydrogen-bond acceptors (Lipinski definition) is 2. The van der Waals surface area contributed by atoms with Crippen molar-refractivity contribution in [2.24, 2.45) is 0 Å². The van der Waals surface area contributed by atoms with Gasteiger partial charge in [0.25, 0.3) is 0 Å². The van der Waals surface area contributed by atoms with Gasteiger partial charge >= 0.3 is 0 Å². The van der Waals surface area contributed by atoms with E-state index in [2.05, 4.69) is 6.26 Å². The Kier molecular flexibility index (Phi) is 3.48. The van der Waals surface area contributed by atoms with Crippen LogP contribution in [0.4, 0.5) is 0 Å². The molecule has 1 radical (unpaired) electrons. The van der Waals surface area contributed by atoms with Gasteiger partial charge in [-0.25, -0.2) is 8.42 Å². The van der Waals surface area contributed by atoms with Crippen molar-refractivity contribution in [3.8, 4) is 0 Å². The maximum atomic E-state index is 10.7. The van der Waals surface area contributed by atoms with Gasteiger partial charge in [-0.3, -0.25) is 0 Å². The highest BCUT2D eigenvalue weighted by Crippen LogP contribution is 2.03. The van der Waals surface area contributed by atoms with E-state index in [0.717, 1.165) is 6.42 Å². The van der Waals surface area contributed by atoms with Gasteiger partial charge in [-0.15, -0.1) is 0 Å². The van der Waals surface area contributed by atoms with E-state index in [4.69, 9.17) is 0 Å². The van der Waals surface area contributed by atoms with Crippen molar-refractivity contribution in [1.29, 1.82) is 0 Å². The summed E-state index contributed by atoms with van der Waals surface area (Å²) in [6.45, 7) is 0. The van der Waals surface area contributed by atoms with Crippen LogP contribution >= 0.6 is 0 Å². The standard InChI is InChI=1S/C10H13O2S/c1-13(11,12)9-5-8-10-6-3-2-4-7-10/h2-4,6-7H,1,5,8-9H2. The zero-order chi connectivity index (χ0) is 9.73. The summed E-state index contributed by atoms with van der Waals surface area (Å²) >= 11 is 0. The molecular weight excluding hydrogens is 184 g/mol. The van der Waals surface area contributed by atoms with Crippen molar-refractivity contribution in [2.45, 2.75) is 12.8 Å². The minimum absolute atomic E-state index is 0.169. The molecule has 0 saturated carbocycles. The average molecular weight is 197 g/mol. The van der Waals surface area contributed by atoms with E-state index in [1.807, 2.05) is 30.3 Å². The van der Waals surface area contributed by atoms with Gasteiger partial charge in [0.1, 0.15) is 0 Å². The fourth-order valence-electron chi connectivity index (χ4n) is 1.14. The molecule has 0 bridgehead atoms. The molecule has 71 valence electrons. The molecule has 0 spiro atoms. The van der Waals surface area contributed by atoms with Gasteiger partial charge in [0.2, 0.25) is 0 Å². The van der Waals surface area contributed by atoms with Crippen LogP contribution in [0.3, 0.4) is 0 Å². The first-order valence-electron chi connectivity index (χ1n) is 4.17. The predicted molar refractivity (Wildman–Crippen MR) is 53.9 cm³/mol. The van der Waals surface area contributed by atoms with Crippen molar-refractivity contribution in [3.05, 3.63) is 42.2 Å². The van der Waals surface area contributed by atoms with Gasteiger partial charge in [0, 0.05) is 0 Å². The lowest BCUT2D eigenvalue weighted by molar-refractivity contribution is 0.601. The number of sulfone groups is 1. The number of benzene rings is 1. The SMILES string of the molecule is [CH2]S(=O)(=O)CCCc1ccccc1. The highest BCUT2D eigenvalue weighted by atomic mass is 32.2. The number of aryl methyl sites for hydroxylation is 1. The molecule has 3 heteroatoms. The van der Waals surface area contributed by atoms with Crippen LogP contribution < -0.4 is 0 Å². The number of hydrogen-bond donors (Lipinski definition) is 0. The highest BCUT2D eigenvalue weighted by molar-refractivity contribution is 7.92. The van der Waals surface area contributed by atoms with E-state index >= 15 is 0 Å². The summed E-state index contributed by atoms with van der Waals surface area (Å²) in [7, 11) is -3.04. The summed E-state index contributed by atoms with van der Waals surface area (Å²) < 4.78 is 21.4. The molecule has 0 aromatic heterocycles. The van der Waals surface area contributed by atoms with Gasteiger partial charge in [0.15, 0.2) is 9.84 Å². The predicted octanol–water partition coefficient (Wildman–Crippen LogP) is 1.83. The Morgan fingerprint density at radius 2 is 1.77 bits per heavy atom. The zero-order valence-corrected chi connectivity index (χ0v) is 8.26. The second-order valence-corrected chi connectivity index (χ2v) is 4.93. The minimum atomic E-state index is -3.04. The largest absolute Gasteiger partial charge is 0.229 e. The van der Waals surface area contributed by atoms with Crippen molar-refractivity contribution in [2.75, 3.05) is 5.75 Å². The van der Waals surface area contributed by atoms with Crippen LogP contribution in [-0.4, -0.2) is 14.2 Å². The van der Waals surface area contributed by atoms with E-state index < -0.39 is 9.84 Å². The Morgan fingerprint density at radius 3 is 2.31 bits per heavy atom. The topological polar surface area (TPSA) is 34.1 Å². The van der Waals surface area contributed by atoms with Crippen molar-refractivity contribution >= 4 is 9.84 Å². The summed E-state index contributed by atoms with van der Waals surface area (Å²) in [5, 5.41) is 0. The van der Waals surface area contributed by atoms with Crippen LogP contribution in [0.2, 0.25) is 0 Å². The van der Waals surface area contributed by atoms with Crippen LogP contribution in [0.5, 0.6) is 0 Å². The smallest absolute Gasteiger partial charge is 0.151 e. The normalized spacial score (nSPS) is 11.5. The lowest BCUT2D eigenvalue weighted by atomic mass is 10.1. The molecule has 0 atom stereocenters. The van der Waals surface area contributed by atoms with E-state index in [-0.39, 0.29) is 5.75 Å². The third-order valence-electron chi connectivity index (χ3n) is 1.76. The molecule has 1 aromatic rings. The summed E-state index contributed by atoms with van der Waals surface area (Å²) in [5.74, 6) is 0.169. The monoisotopic (exact) mass is 197 g/mol. The fourth-order valence-corrected chi connectivity index (χ4v) is 1.73. The van der Waals surface area contributed by atoms with Crippen LogP contribution in [-0.2, 0) is 16.3 Å². The molecule has 0 amide bonds. The maximum absolute atomic E-state index is 10.7. The van der Waals surface area contributed by atoms with Gasteiger partial charge in [-0.05, 0) is 18.4 Å². The number of rotatable bonds is 4. The Labute approximate surface area is 79.5 Å². The molecule has 0 aliphatic rings. The van der Waals surface area contributed by atoms with Gasteiger partial charge in [-0.2, -0.15) is 0 Å². The van der Waals surface area contributed by atoms with Gasteiger partial charge in [-0.1, -0.05) is 30.3 Å². The minimum Gasteiger partial charge on any atom is -0.229 e. The molecular formula is C10H13O2S. The first-order valence-corrected chi connectivity index (χ1v) is 6.00. The van der Waals surface area contributed by atoms with Crippen LogP contribution in [0.15, 0.2) is 30.3 Å². The van der Waals surface area contributed by atoms with E-state index in [1.54, 1.807) is 0 Å². The second-order valence-electron chi connectivity index (χ2n) is 3.04. The summed E-state index contributed by atoms with van der Waals surface area (Å²) in [5.41, 5.74) is 1.17. The molecule has 0 heterocycles. The molecule has 0 fully saturated rings. The van der Waals surface area contributed by atoms with Crippen molar-refractivity contribution in [3.63, 3.8) is 0 Å². The molecule has 0 N–H and O–H groups in total. The summed E-state index contributed by atoms with van der Waals surface area (Å²) in [6, 6.07) is 9.84. The van der Waals surface area contributed by atoms with Crippen LogP contribution in [0.25, 0.3) is 0 Å². The quantitative estimate of drug-likeness (QED) is 0.738. The van der Waals surface area contributed by atoms with E-state index in [0.29, 0.717) is 6.42 Å². The third kappa shape index (κ3) is 4.68. The Bertz CT molecular complexity index is 340. The Morgan fingerprint density at radius 1 is 1.15 bits per heavy atom. The van der Waals surface area contributed by atoms with Crippen molar-refractivity contribution < 1.29 is 8.42 Å². The Hall–Kier alpha value is -0.830. The van der Waals surface area contributed by atoms with Crippen LogP contribution in [0.1, 0.15) is 12.0 Å². The summed E-state index contributed by atoms with van der Waals surface area (Å²) in [4.78, 5) is 0. The van der Waals surface area contributed by atoms with E-state index in [1.165, 1.54) is 5.56 Å². The molecule has 0 aliphatic carbocycles. The van der Waals surface area contributed by atoms with E-state index in [9.17, 15) is 8.42 Å². The molecule has 1 rings (SSSR count). The molecule has 2 nitrogen and oxygen atoms in total. The first-order chi connectivity index (χ1) is 6.08. The lowest BCUT2D eigenvalue weighted by Gasteiger charge is -1.99. The first kappa shape index (κ1) is 10.3. The maximum Gasteiger partial charge on any atom is 0.151 e. The van der Waals surface area contributed by atoms with Gasteiger partial charge < -0.3 is 0 Å². The molecule has 0 saturated heterocycles. The Balaban J connectivity index is 2.37. The fraction of sp³-hybridized carbons (Fsp3) is 0.300. The average Bonchev–Trinajstić information content (AvgIpc) is 2.04. The van der Waals surface area contributed by atoms with Crippen LogP contribution in [0, 0.1) is 6.26 Å². The lowest BCUT2D eigenvalue weighted by Crippen LogP contribution is -2.01. The molecule has 0 aliphatic heterocycles. The molecule has 13 heavy (non-hydrogen) atoms. The molecule has 1 aromatic carbocycles. The third-order valence-corrected chi connectivity index (χ3v) is 2.67.